The quantitative estimate of drug-likeness (QED) is 0.134. The minimum absolute atomic E-state index is 0. The van der Waals surface area contributed by atoms with Gasteiger partial charge in [0.25, 0.3) is 0 Å². The van der Waals surface area contributed by atoms with E-state index in [4.69, 9.17) is 22.9 Å². The van der Waals surface area contributed by atoms with E-state index in [9.17, 15) is 0 Å². The number of nitrogens with one attached hydrogen (secondary N) is 2. The van der Waals surface area contributed by atoms with Gasteiger partial charge in [-0.1, -0.05) is 231 Å². The van der Waals surface area contributed by atoms with Crippen LogP contribution in [0.5, 0.6) is 0 Å². The van der Waals surface area contributed by atoms with Gasteiger partial charge in [-0.25, -0.2) is 0 Å². The molecule has 0 spiro atoms. The topological polar surface area (TPSA) is 30.5 Å². The molecule has 1 aliphatic heterocycles. The van der Waals surface area contributed by atoms with Crippen molar-refractivity contribution in [3.8, 4) is 22.3 Å². The number of nitrogens with zero attached hydrogens (tertiary/aromatic N) is 2. The Labute approximate surface area is 495 Å². The van der Waals surface area contributed by atoms with Gasteiger partial charge in [0.05, 0.1) is 22.7 Å². The maximum absolute atomic E-state index is 5.57. The average Bonchev–Trinajstić information content (AvgIpc) is 4.08. The van der Waals surface area contributed by atoms with Gasteiger partial charge in [-0.2, -0.15) is 22.9 Å². The Morgan fingerprint density at radius 1 is 0.364 bits per heavy atom. The van der Waals surface area contributed by atoms with Gasteiger partial charge in [-0.05, 0) is 116 Å². The molecule has 0 aromatic heterocycles. The van der Waals surface area contributed by atoms with E-state index in [2.05, 4.69) is 257 Å². The van der Waals surface area contributed by atoms with E-state index >= 15 is 0 Å². The molecule has 0 aliphatic carbocycles. The van der Waals surface area contributed by atoms with E-state index in [-0.39, 0.29) is 47.6 Å². The summed E-state index contributed by atoms with van der Waals surface area (Å²) in [7, 11) is 0. The summed E-state index contributed by atoms with van der Waals surface area (Å²) in [6, 6.07) is 106. The van der Waals surface area contributed by atoms with Crippen LogP contribution < -0.4 is 31.2 Å². The van der Waals surface area contributed by atoms with Crippen LogP contribution in [0.2, 0.25) is 0 Å². The normalized spacial score (nSPS) is 11.3. The molecule has 368 valence electrons. The minimum atomic E-state index is -0.397. The Hall–Kier alpha value is -7.67. The summed E-state index contributed by atoms with van der Waals surface area (Å²) in [5, 5.41) is 12.2. The molecule has 0 bridgehead atoms. The van der Waals surface area contributed by atoms with Crippen molar-refractivity contribution >= 4 is 151 Å². The molecule has 12 aromatic rings. The first-order chi connectivity index (χ1) is 37.6. The predicted molar refractivity (Wildman–Crippen MR) is 339 cm³/mol. The largest absolute Gasteiger partial charge is 2.00 e. The van der Waals surface area contributed by atoms with Gasteiger partial charge >= 0.3 is 50.3 Å². The van der Waals surface area contributed by atoms with Gasteiger partial charge < -0.3 is 23.1 Å². The SMILES string of the molecule is ClB(Cl)c1ccccc1.[Ca+2].[H-].[H-].c1ccc(B2N(c3ccccc3)c3cccc(-c4ccc5ccccc5c4)c3N2c2ccccc2)cc1.c1ccc(Nc2cccc(-c3ccc4ccccc4c3)c2Nc2ccccc2)cc1. The number of para-hydroxylation sites is 6. The van der Waals surface area contributed by atoms with Crippen molar-refractivity contribution in [2.75, 3.05) is 20.3 Å². The predicted octanol–water partition coefficient (Wildman–Crippen LogP) is 17.9. The van der Waals surface area contributed by atoms with Crippen LogP contribution in [-0.4, -0.2) is 50.3 Å². The number of rotatable bonds is 10. The van der Waals surface area contributed by atoms with E-state index in [1.54, 1.807) is 0 Å². The van der Waals surface area contributed by atoms with Gasteiger partial charge in [0, 0.05) is 33.9 Å². The van der Waals surface area contributed by atoms with Crippen LogP contribution >= 0.6 is 22.9 Å². The van der Waals surface area contributed by atoms with Crippen molar-refractivity contribution in [2.45, 2.75) is 0 Å². The molecule has 12 aromatic carbocycles. The van der Waals surface area contributed by atoms with Crippen molar-refractivity contribution in [3.63, 3.8) is 0 Å². The van der Waals surface area contributed by atoms with E-state index in [1.807, 2.05) is 66.7 Å². The van der Waals surface area contributed by atoms with E-state index in [1.165, 1.54) is 66.4 Å². The van der Waals surface area contributed by atoms with Crippen LogP contribution in [-0.2, 0) is 0 Å². The van der Waals surface area contributed by atoms with Crippen molar-refractivity contribution in [3.05, 3.63) is 303 Å². The molecular formula is C68H54B2CaCl2N4. The Morgan fingerprint density at radius 3 is 1.32 bits per heavy atom. The third-order valence-corrected chi connectivity index (χ3v) is 14.0. The summed E-state index contributed by atoms with van der Waals surface area (Å²) in [6.07, 6.45) is 0. The molecule has 0 radical (unpaired) electrons. The molecule has 0 unspecified atom stereocenters. The second-order valence-electron chi connectivity index (χ2n) is 18.4. The van der Waals surface area contributed by atoms with Gasteiger partial charge in [0.1, 0.15) is 0 Å². The fourth-order valence-corrected chi connectivity index (χ4v) is 10.2. The second-order valence-corrected chi connectivity index (χ2v) is 19.5. The average molecular weight is 1060 g/mol. The van der Waals surface area contributed by atoms with Crippen LogP contribution in [0.3, 0.4) is 0 Å². The van der Waals surface area contributed by atoms with Crippen LogP contribution in [0, 0.1) is 0 Å². The maximum Gasteiger partial charge on any atom is 2.00 e. The van der Waals surface area contributed by atoms with Crippen LogP contribution in [0.1, 0.15) is 2.85 Å². The zero-order valence-electron chi connectivity index (χ0n) is 44.4. The molecule has 2 N–H and O–H groups in total. The number of hydrogen-bond acceptors (Lipinski definition) is 4. The fraction of sp³-hybridized carbons (Fsp3) is 0. The van der Waals surface area contributed by atoms with Crippen LogP contribution in [0.4, 0.5) is 45.5 Å². The third kappa shape index (κ3) is 12.3. The first-order valence-electron chi connectivity index (χ1n) is 25.5. The molecule has 77 heavy (non-hydrogen) atoms. The van der Waals surface area contributed by atoms with Crippen molar-refractivity contribution in [1.82, 2.24) is 0 Å². The molecule has 0 atom stereocenters. The molecule has 1 heterocycles. The van der Waals surface area contributed by atoms with E-state index in [0.29, 0.717) is 0 Å². The van der Waals surface area contributed by atoms with E-state index < -0.39 is 5.54 Å². The molecular weight excluding hydrogens is 1010 g/mol. The summed E-state index contributed by atoms with van der Waals surface area (Å²) in [5.74, 6) is 0. The Morgan fingerprint density at radius 2 is 0.792 bits per heavy atom. The van der Waals surface area contributed by atoms with Crippen LogP contribution in [0.15, 0.2) is 303 Å². The number of benzene rings is 12. The number of fused-ring (bicyclic) bond motifs is 3. The minimum Gasteiger partial charge on any atom is -1.00 e. The molecule has 9 heteroatoms. The monoisotopic (exact) mass is 1060 g/mol. The van der Waals surface area contributed by atoms with E-state index in [0.717, 1.165) is 33.8 Å². The summed E-state index contributed by atoms with van der Waals surface area (Å²) in [4.78, 5) is 4.98. The van der Waals surface area contributed by atoms with Gasteiger partial charge in [-0.3, -0.25) is 0 Å². The zero-order chi connectivity index (χ0) is 51.5. The zero-order valence-corrected chi connectivity index (χ0v) is 46.1. The molecule has 0 saturated carbocycles. The molecule has 13 rings (SSSR count). The van der Waals surface area contributed by atoms with Gasteiger partial charge in [-0.15, -0.1) is 0 Å². The number of anilines is 8. The number of halogens is 2. The number of hydrogen-bond donors (Lipinski definition) is 2. The summed E-state index contributed by atoms with van der Waals surface area (Å²) in [5.41, 5.74) is 15.6. The van der Waals surface area contributed by atoms with Gasteiger partial charge in [0.15, 0.2) is 0 Å². The Bertz CT molecular complexity index is 3840. The molecule has 0 fully saturated rings. The Kier molecular flexibility index (Phi) is 17.4. The van der Waals surface area contributed by atoms with Crippen molar-refractivity contribution < 1.29 is 2.85 Å². The molecule has 0 saturated heterocycles. The van der Waals surface area contributed by atoms with Crippen LogP contribution in [0.25, 0.3) is 43.8 Å². The summed E-state index contributed by atoms with van der Waals surface area (Å²) in [6.45, 7) is -0.0254. The van der Waals surface area contributed by atoms with Crippen molar-refractivity contribution in [2.24, 2.45) is 0 Å². The summed E-state index contributed by atoms with van der Waals surface area (Å²) >= 11 is 11.1. The molecule has 4 nitrogen and oxygen atoms in total. The van der Waals surface area contributed by atoms with Gasteiger partial charge in [0.2, 0.25) is 0 Å². The molecule has 0 amide bonds. The summed E-state index contributed by atoms with van der Waals surface area (Å²) < 4.78 is 0. The second kappa shape index (κ2) is 25.4. The Balaban J connectivity index is 0.000000176. The first kappa shape index (κ1) is 52.8. The molecule has 1 aliphatic rings. The maximum atomic E-state index is 5.57. The standard InChI is InChI=1S/C34H25BN2.C28H22N2.C6H5BCl2.Ca.2H/c1-4-15-29(16-5-1)35-36(30-17-6-2-7-18-30)33-22-12-21-32(34(33)37(35)31-19-8-3-9-20-31)28-24-23-26-13-10-11-14-27(26)25-28;1-3-12-24(13-4-1)29-27-17-9-16-26(28(27)30-25-14-5-2-6-15-25)23-19-18-21-10-7-8-11-22(21)20-23;8-7(9)6-4-2-1-3-5-6;;;/h1-25H;1-20,29-30H;1-5H;;;/q;;;+2;2*-1. The first-order valence-corrected chi connectivity index (χ1v) is 26.4. The van der Waals surface area contributed by atoms with Crippen molar-refractivity contribution in [1.29, 1.82) is 0 Å². The fourth-order valence-electron chi connectivity index (χ4n) is 9.92. The smallest absolute Gasteiger partial charge is 1.00 e. The third-order valence-electron chi connectivity index (χ3n) is 13.5.